The first-order valence-corrected chi connectivity index (χ1v) is 4.22. The lowest BCUT2D eigenvalue weighted by molar-refractivity contribution is -0.159. The maximum Gasteiger partial charge on any atom is 0.333 e. The Morgan fingerprint density at radius 3 is 2.40 bits per heavy atom. The van der Waals surface area contributed by atoms with Gasteiger partial charge >= 0.3 is 5.97 Å². The first-order valence-electron chi connectivity index (χ1n) is 4.22. The van der Waals surface area contributed by atoms with Crippen LogP contribution in [0.5, 0.6) is 0 Å². The number of hydrogen-bond acceptors (Lipinski definition) is 6. The lowest BCUT2D eigenvalue weighted by Crippen LogP contribution is -2.43. The number of carbonyl (C=O) groups excluding carboxylic acids is 2. The Kier molecular flexibility index (Phi) is 5.76. The molecule has 0 fully saturated rings. The van der Waals surface area contributed by atoms with Crippen LogP contribution in [0.2, 0.25) is 0 Å². The highest BCUT2D eigenvalue weighted by Crippen LogP contribution is 2.05. The number of carbonyl (C=O) groups is 2. The van der Waals surface area contributed by atoms with Gasteiger partial charge in [0.1, 0.15) is 12.2 Å². The van der Waals surface area contributed by atoms with Gasteiger partial charge in [-0.1, -0.05) is 6.58 Å². The summed E-state index contributed by atoms with van der Waals surface area (Å²) in [5.41, 5.74) is 0.0625. The van der Waals surface area contributed by atoms with E-state index in [4.69, 9.17) is 10.2 Å². The molecular formula is C9H14O6. The van der Waals surface area contributed by atoms with Crippen molar-refractivity contribution >= 4 is 12.3 Å². The second kappa shape index (κ2) is 6.28. The third kappa shape index (κ3) is 4.20. The fourth-order valence-electron chi connectivity index (χ4n) is 0.729. The van der Waals surface area contributed by atoms with Crippen molar-refractivity contribution in [2.45, 2.75) is 25.2 Å². The summed E-state index contributed by atoms with van der Waals surface area (Å²) >= 11 is 0. The number of aldehydes is 1. The molecule has 0 radical (unpaired) electrons. The van der Waals surface area contributed by atoms with Crippen molar-refractivity contribution in [3.05, 3.63) is 12.2 Å². The van der Waals surface area contributed by atoms with Crippen LogP contribution in [0.25, 0.3) is 0 Å². The predicted molar refractivity (Wildman–Crippen MR) is 49.9 cm³/mol. The van der Waals surface area contributed by atoms with Crippen LogP contribution in [0.1, 0.15) is 6.92 Å². The molecule has 0 amide bonds. The average Bonchev–Trinajstić information content (AvgIpc) is 2.23. The van der Waals surface area contributed by atoms with Crippen LogP contribution < -0.4 is 0 Å². The molecule has 3 N–H and O–H groups in total. The van der Waals surface area contributed by atoms with E-state index in [1.165, 1.54) is 6.92 Å². The minimum Gasteiger partial charge on any atom is -0.448 e. The quantitative estimate of drug-likeness (QED) is 0.281. The normalized spacial score (nSPS) is 16.3. The predicted octanol–water partition coefficient (Wildman–Crippen LogP) is -1.61. The number of rotatable bonds is 6. The van der Waals surface area contributed by atoms with Gasteiger partial charge in [-0.2, -0.15) is 0 Å². The molecule has 0 aromatic carbocycles. The Morgan fingerprint density at radius 1 is 1.53 bits per heavy atom. The zero-order valence-corrected chi connectivity index (χ0v) is 8.29. The monoisotopic (exact) mass is 218 g/mol. The van der Waals surface area contributed by atoms with Crippen molar-refractivity contribution in [2.75, 3.05) is 6.61 Å². The van der Waals surface area contributed by atoms with E-state index in [-0.39, 0.29) is 11.9 Å². The molecule has 15 heavy (non-hydrogen) atoms. The Morgan fingerprint density at radius 2 is 2.07 bits per heavy atom. The Hall–Kier alpha value is -1.24. The molecule has 3 atom stereocenters. The first-order chi connectivity index (χ1) is 6.93. The molecule has 6 nitrogen and oxygen atoms in total. The van der Waals surface area contributed by atoms with Crippen molar-refractivity contribution in [3.8, 4) is 0 Å². The highest BCUT2D eigenvalue weighted by Gasteiger charge is 2.28. The van der Waals surface area contributed by atoms with Gasteiger partial charge < -0.3 is 20.1 Å². The lowest BCUT2D eigenvalue weighted by Gasteiger charge is -2.21. The van der Waals surface area contributed by atoms with Gasteiger partial charge in [0, 0.05) is 5.57 Å². The van der Waals surface area contributed by atoms with Gasteiger partial charge in [0.25, 0.3) is 0 Å². The van der Waals surface area contributed by atoms with Crippen molar-refractivity contribution < 1.29 is 29.6 Å². The average molecular weight is 218 g/mol. The molecular weight excluding hydrogens is 204 g/mol. The number of aliphatic hydroxyl groups excluding tert-OH is 3. The molecule has 0 aliphatic heterocycles. The van der Waals surface area contributed by atoms with E-state index in [0.29, 0.717) is 0 Å². The largest absolute Gasteiger partial charge is 0.448 e. The zero-order chi connectivity index (χ0) is 12.0. The SMILES string of the molecule is C=C(C)C(=O)O[C@@H](C=O)[C@H](O)[C@H](O)CO. The molecule has 86 valence electrons. The molecule has 0 rings (SSSR count). The second-order valence-corrected chi connectivity index (χ2v) is 3.03. The topological polar surface area (TPSA) is 104 Å². The van der Waals surface area contributed by atoms with Crippen LogP contribution >= 0.6 is 0 Å². The van der Waals surface area contributed by atoms with Gasteiger partial charge in [-0.25, -0.2) is 4.79 Å². The third-order valence-corrected chi connectivity index (χ3v) is 1.64. The summed E-state index contributed by atoms with van der Waals surface area (Å²) < 4.78 is 4.52. The summed E-state index contributed by atoms with van der Waals surface area (Å²) in [7, 11) is 0. The van der Waals surface area contributed by atoms with Gasteiger partial charge in [0.15, 0.2) is 12.4 Å². The molecule has 0 aliphatic rings. The summed E-state index contributed by atoms with van der Waals surface area (Å²) in [4.78, 5) is 21.5. The fraction of sp³-hybridized carbons (Fsp3) is 0.556. The van der Waals surface area contributed by atoms with Gasteiger partial charge in [0.05, 0.1) is 6.61 Å². The van der Waals surface area contributed by atoms with Crippen LogP contribution in [0.4, 0.5) is 0 Å². The molecule has 0 saturated heterocycles. The summed E-state index contributed by atoms with van der Waals surface area (Å²) in [5.74, 6) is -0.851. The first kappa shape index (κ1) is 13.8. The molecule has 0 bridgehead atoms. The minimum atomic E-state index is -1.66. The summed E-state index contributed by atoms with van der Waals surface area (Å²) in [6.45, 7) is 3.92. The van der Waals surface area contributed by atoms with Gasteiger partial charge in [0.2, 0.25) is 0 Å². The van der Waals surface area contributed by atoms with E-state index < -0.39 is 30.9 Å². The third-order valence-electron chi connectivity index (χ3n) is 1.64. The fourth-order valence-corrected chi connectivity index (χ4v) is 0.729. The van der Waals surface area contributed by atoms with Crippen molar-refractivity contribution in [2.24, 2.45) is 0 Å². The summed E-state index contributed by atoms with van der Waals surface area (Å²) in [6.07, 6.45) is -4.55. The van der Waals surface area contributed by atoms with E-state index in [1.54, 1.807) is 0 Å². The van der Waals surface area contributed by atoms with Crippen molar-refractivity contribution in [3.63, 3.8) is 0 Å². The molecule has 6 heteroatoms. The molecule has 0 spiro atoms. The van der Waals surface area contributed by atoms with Crippen LogP contribution in [0.15, 0.2) is 12.2 Å². The maximum atomic E-state index is 11.0. The Labute approximate surface area is 86.8 Å². The highest BCUT2D eigenvalue weighted by atomic mass is 16.6. The van der Waals surface area contributed by atoms with Crippen molar-refractivity contribution in [1.29, 1.82) is 0 Å². The Balaban J connectivity index is 4.43. The Bertz CT molecular complexity index is 249. The molecule has 0 unspecified atom stereocenters. The molecule has 0 aromatic heterocycles. The zero-order valence-electron chi connectivity index (χ0n) is 8.29. The summed E-state index contributed by atoms with van der Waals surface area (Å²) in [5, 5.41) is 26.8. The number of hydrogen-bond donors (Lipinski definition) is 3. The molecule has 0 saturated carbocycles. The number of ether oxygens (including phenoxy) is 1. The van der Waals surface area contributed by atoms with Crippen LogP contribution in [-0.4, -0.2) is 52.5 Å². The van der Waals surface area contributed by atoms with Gasteiger partial charge in [-0.05, 0) is 6.92 Å². The number of esters is 1. The van der Waals surface area contributed by atoms with Crippen molar-refractivity contribution in [1.82, 2.24) is 0 Å². The van der Waals surface area contributed by atoms with Crippen LogP contribution in [0.3, 0.4) is 0 Å². The molecule has 0 aromatic rings. The van der Waals surface area contributed by atoms with Crippen LogP contribution in [-0.2, 0) is 14.3 Å². The summed E-state index contributed by atoms with van der Waals surface area (Å²) in [6, 6.07) is 0. The second-order valence-electron chi connectivity index (χ2n) is 3.03. The van der Waals surface area contributed by atoms with E-state index in [1.807, 2.05) is 0 Å². The van der Waals surface area contributed by atoms with E-state index in [0.717, 1.165) is 0 Å². The molecule has 0 heterocycles. The van der Waals surface area contributed by atoms with E-state index in [2.05, 4.69) is 11.3 Å². The van der Waals surface area contributed by atoms with E-state index >= 15 is 0 Å². The van der Waals surface area contributed by atoms with E-state index in [9.17, 15) is 14.7 Å². The molecule has 0 aliphatic carbocycles. The smallest absolute Gasteiger partial charge is 0.333 e. The highest BCUT2D eigenvalue weighted by molar-refractivity contribution is 5.88. The lowest BCUT2D eigenvalue weighted by atomic mass is 10.1. The van der Waals surface area contributed by atoms with Crippen LogP contribution in [0, 0.1) is 0 Å². The standard InChI is InChI=1S/C9H14O6/c1-5(2)9(14)15-7(4-11)8(13)6(12)3-10/h4,6-8,10,12-13H,1,3H2,2H3/t6-,7+,8-/m1/s1. The van der Waals surface area contributed by atoms with Gasteiger partial charge in [-0.15, -0.1) is 0 Å². The van der Waals surface area contributed by atoms with Gasteiger partial charge in [-0.3, -0.25) is 4.79 Å². The number of aliphatic hydroxyl groups is 3. The minimum absolute atomic E-state index is 0.0625. The maximum absolute atomic E-state index is 11.0.